The second kappa shape index (κ2) is 13.0. The Kier molecular flexibility index (Phi) is 11.9. The van der Waals surface area contributed by atoms with Gasteiger partial charge in [-0.05, 0) is 12.1 Å². The van der Waals surface area contributed by atoms with Gasteiger partial charge in [-0.1, -0.05) is 37.1 Å². The molecule has 0 radical (unpaired) electrons. The van der Waals surface area contributed by atoms with Crippen LogP contribution >= 0.6 is 0 Å². The molecule has 0 unspecified atom stereocenters. The molecule has 0 bridgehead atoms. The minimum Gasteiger partial charge on any atom is -0.445 e. The van der Waals surface area contributed by atoms with Crippen LogP contribution < -0.4 is 29.5 Å². The predicted octanol–water partition coefficient (Wildman–Crippen LogP) is 0.806. The molecule has 0 aliphatic heterocycles. The van der Waals surface area contributed by atoms with E-state index in [-0.39, 0.29) is 24.9 Å². The van der Waals surface area contributed by atoms with E-state index >= 15 is 0 Å². The minimum absolute atomic E-state index is 0. The van der Waals surface area contributed by atoms with Gasteiger partial charge in [0.1, 0.15) is 0 Å². The molecule has 5 heteroatoms. The molecule has 0 aliphatic carbocycles. The number of urea groups is 1. The smallest absolute Gasteiger partial charge is 0.445 e. The number of ether oxygens (including phenoxy) is 1. The van der Waals surface area contributed by atoms with Crippen LogP contribution in [-0.2, 0) is 4.74 Å². The van der Waals surface area contributed by atoms with E-state index in [9.17, 15) is 4.79 Å². The Bertz CT molecular complexity index is 461. The maximum absolute atomic E-state index is 11.5. The van der Waals surface area contributed by atoms with Crippen LogP contribution in [0, 0.1) is 19.9 Å². The van der Waals surface area contributed by atoms with E-state index in [1.54, 1.807) is 24.3 Å². The van der Waals surface area contributed by atoms with Crippen LogP contribution in [0.1, 0.15) is 0 Å². The number of para-hydroxylation sites is 1. The van der Waals surface area contributed by atoms with E-state index < -0.39 is 0 Å². The van der Waals surface area contributed by atoms with E-state index in [1.165, 1.54) is 0 Å². The molecule has 0 aliphatic rings. The molecular formula is C17H19LiN2O2-2. The molecule has 0 fully saturated rings. The van der Waals surface area contributed by atoms with Crippen LogP contribution in [0.4, 0.5) is 16.2 Å². The Hall–Kier alpha value is -1.73. The summed E-state index contributed by atoms with van der Waals surface area (Å²) in [6.45, 7) is 7.89. The summed E-state index contributed by atoms with van der Waals surface area (Å²) < 4.78 is 4.61. The van der Waals surface area contributed by atoms with Crippen molar-refractivity contribution >= 4 is 17.4 Å². The molecule has 2 aromatic carbocycles. The standard InChI is InChI=1S/C13H11N2O.C4H8O.Li/c16-13(14-11-7-3-1-4-8-11)15-12-9-5-2-6-10-12;1-3-5-4-2;/h1,3-10H,(H2,14,15,16);1-4H2;/q-1;-2;+1. The van der Waals surface area contributed by atoms with Crippen molar-refractivity contribution in [3.05, 3.63) is 74.5 Å². The van der Waals surface area contributed by atoms with Crippen molar-refractivity contribution in [2.75, 3.05) is 23.8 Å². The van der Waals surface area contributed by atoms with Crippen LogP contribution in [0.15, 0.2) is 54.6 Å². The third kappa shape index (κ3) is 9.25. The molecule has 4 nitrogen and oxygen atoms in total. The summed E-state index contributed by atoms with van der Waals surface area (Å²) in [5.41, 5.74) is 1.51. The Morgan fingerprint density at radius 3 is 1.91 bits per heavy atom. The second-order valence-corrected chi connectivity index (χ2v) is 3.85. The molecule has 112 valence electrons. The summed E-state index contributed by atoms with van der Waals surface area (Å²) in [5, 5.41) is 5.45. The van der Waals surface area contributed by atoms with Gasteiger partial charge in [0.15, 0.2) is 0 Å². The van der Waals surface area contributed by atoms with Crippen molar-refractivity contribution in [1.29, 1.82) is 0 Å². The first-order chi connectivity index (χ1) is 10.3. The fourth-order valence-electron chi connectivity index (χ4n) is 1.39. The number of hydrogen-bond acceptors (Lipinski definition) is 2. The summed E-state index contributed by atoms with van der Waals surface area (Å²) in [7, 11) is 0. The van der Waals surface area contributed by atoms with Gasteiger partial charge in [0.2, 0.25) is 0 Å². The minimum atomic E-state index is -0.252. The molecule has 0 saturated carbocycles. The van der Waals surface area contributed by atoms with Gasteiger partial charge in [0.25, 0.3) is 0 Å². The zero-order valence-corrected chi connectivity index (χ0v) is 12.8. The molecule has 2 aromatic rings. The Morgan fingerprint density at radius 1 is 0.955 bits per heavy atom. The maximum atomic E-state index is 11.5. The van der Waals surface area contributed by atoms with Crippen LogP contribution in [0.5, 0.6) is 0 Å². The summed E-state index contributed by atoms with van der Waals surface area (Å²) in [6, 6.07) is 19.0. The van der Waals surface area contributed by atoms with E-state index in [1.807, 2.05) is 30.3 Å². The van der Waals surface area contributed by atoms with E-state index in [0.717, 1.165) is 11.4 Å². The molecule has 0 spiro atoms. The fraction of sp³-hybridized carbons (Fsp3) is 0.118. The first-order valence-corrected chi connectivity index (χ1v) is 6.51. The average Bonchev–Trinajstić information content (AvgIpc) is 2.50. The van der Waals surface area contributed by atoms with Gasteiger partial charge in [-0.25, -0.2) is 4.79 Å². The summed E-state index contributed by atoms with van der Waals surface area (Å²) in [6.07, 6.45) is 0. The van der Waals surface area contributed by atoms with Crippen LogP contribution in [0.3, 0.4) is 0 Å². The van der Waals surface area contributed by atoms with Crippen molar-refractivity contribution in [2.24, 2.45) is 0 Å². The Morgan fingerprint density at radius 2 is 1.45 bits per heavy atom. The first kappa shape index (κ1) is 20.3. The number of carbonyl (C=O) groups is 1. The predicted molar refractivity (Wildman–Crippen MR) is 85.9 cm³/mol. The number of carbonyl (C=O) groups excluding carboxylic acids is 1. The number of hydrogen-bond donors (Lipinski definition) is 2. The summed E-state index contributed by atoms with van der Waals surface area (Å²) >= 11 is 0. The van der Waals surface area contributed by atoms with Gasteiger partial charge >= 0.3 is 24.9 Å². The topological polar surface area (TPSA) is 50.4 Å². The Labute approximate surface area is 144 Å². The largest absolute Gasteiger partial charge is 1.00 e. The van der Waals surface area contributed by atoms with E-state index in [4.69, 9.17) is 0 Å². The van der Waals surface area contributed by atoms with Crippen molar-refractivity contribution in [2.45, 2.75) is 0 Å². The zero-order chi connectivity index (χ0) is 15.3. The third-order valence-electron chi connectivity index (χ3n) is 2.30. The van der Waals surface area contributed by atoms with Gasteiger partial charge < -0.3 is 29.2 Å². The molecular weight excluding hydrogens is 271 g/mol. The van der Waals surface area contributed by atoms with Crippen LogP contribution in [0.2, 0.25) is 0 Å². The molecule has 0 atom stereocenters. The van der Waals surface area contributed by atoms with Crippen molar-refractivity contribution in [3.8, 4) is 0 Å². The molecule has 2 rings (SSSR count). The third-order valence-corrected chi connectivity index (χ3v) is 2.30. The quantitative estimate of drug-likeness (QED) is 0.646. The van der Waals surface area contributed by atoms with Crippen LogP contribution in [-0.4, -0.2) is 19.2 Å². The van der Waals surface area contributed by atoms with E-state index in [2.05, 4.69) is 35.3 Å². The van der Waals surface area contributed by atoms with Crippen LogP contribution in [0.25, 0.3) is 0 Å². The van der Waals surface area contributed by atoms with Gasteiger partial charge in [-0.15, -0.1) is 12.1 Å². The molecule has 2 amide bonds. The fourth-order valence-corrected chi connectivity index (χ4v) is 1.39. The maximum Gasteiger partial charge on any atom is 1.00 e. The van der Waals surface area contributed by atoms with Gasteiger partial charge in [-0.2, -0.15) is 18.2 Å². The SMILES string of the molecule is O=C(Nc1cc[c-]cc1)Nc1ccccc1.[CH2-]COC[CH2-].[Li+]. The number of benzene rings is 2. The van der Waals surface area contributed by atoms with Crippen molar-refractivity contribution < 1.29 is 28.4 Å². The molecule has 2 N–H and O–H groups in total. The number of amides is 2. The molecule has 22 heavy (non-hydrogen) atoms. The first-order valence-electron chi connectivity index (χ1n) is 6.51. The molecule has 0 saturated heterocycles. The molecule has 0 heterocycles. The number of anilines is 2. The Balaban J connectivity index is 0.000000644. The van der Waals surface area contributed by atoms with Crippen molar-refractivity contribution in [1.82, 2.24) is 0 Å². The second-order valence-electron chi connectivity index (χ2n) is 3.85. The monoisotopic (exact) mass is 290 g/mol. The van der Waals surface area contributed by atoms with E-state index in [0.29, 0.717) is 13.2 Å². The van der Waals surface area contributed by atoms with Crippen molar-refractivity contribution in [3.63, 3.8) is 0 Å². The number of nitrogens with one attached hydrogen (secondary N) is 2. The zero-order valence-electron chi connectivity index (χ0n) is 12.8. The van der Waals surface area contributed by atoms with Gasteiger partial charge in [0.05, 0.1) is 0 Å². The summed E-state index contributed by atoms with van der Waals surface area (Å²) in [4.78, 5) is 11.5. The van der Waals surface area contributed by atoms with Gasteiger partial charge in [-0.3, -0.25) is 0 Å². The number of rotatable bonds is 4. The normalized spacial score (nSPS) is 8.82. The molecule has 0 aromatic heterocycles. The summed E-state index contributed by atoms with van der Waals surface area (Å²) in [5.74, 6) is 0. The average molecular weight is 290 g/mol. The van der Waals surface area contributed by atoms with Gasteiger partial charge in [0, 0.05) is 5.69 Å².